The molecule has 1 amide bonds. The number of hydrogen-bond donors (Lipinski definition) is 1. The maximum absolute atomic E-state index is 12.6. The van der Waals surface area contributed by atoms with Crippen LogP contribution in [0, 0.1) is 11.8 Å². The molecule has 0 spiro atoms. The standard InChI is InChI=1S/C16H21N3O2/c1-18(2)14-6-9-19(10-7-14)16(21)15-5-8-17-12-13(15)4-3-11-20/h5,8,12,14,20H,6-7,9-11H2,1-2H3. The van der Waals surface area contributed by atoms with Crippen molar-refractivity contribution in [3.63, 3.8) is 0 Å². The van der Waals surface area contributed by atoms with Crippen LogP contribution in [0.15, 0.2) is 18.5 Å². The summed E-state index contributed by atoms with van der Waals surface area (Å²) in [6.07, 6.45) is 5.15. The fraction of sp³-hybridized carbons (Fsp3) is 0.500. The fourth-order valence-electron chi connectivity index (χ4n) is 2.57. The van der Waals surface area contributed by atoms with Crippen molar-refractivity contribution in [1.29, 1.82) is 0 Å². The first-order valence-corrected chi connectivity index (χ1v) is 7.13. The van der Waals surface area contributed by atoms with Crippen LogP contribution in [-0.2, 0) is 0 Å². The number of likely N-dealkylation sites (tertiary alicyclic amines) is 1. The molecule has 1 fully saturated rings. The minimum absolute atomic E-state index is 0.00292. The van der Waals surface area contributed by atoms with Gasteiger partial charge in [-0.15, -0.1) is 0 Å². The van der Waals surface area contributed by atoms with Crippen LogP contribution in [0.5, 0.6) is 0 Å². The number of carbonyl (C=O) groups excluding carboxylic acids is 1. The highest BCUT2D eigenvalue weighted by Gasteiger charge is 2.25. The summed E-state index contributed by atoms with van der Waals surface area (Å²) in [5, 5.41) is 8.79. The first-order valence-electron chi connectivity index (χ1n) is 7.13. The summed E-state index contributed by atoms with van der Waals surface area (Å²) in [6, 6.07) is 2.24. The minimum atomic E-state index is -0.225. The van der Waals surface area contributed by atoms with Crippen molar-refractivity contribution in [2.75, 3.05) is 33.8 Å². The van der Waals surface area contributed by atoms with Gasteiger partial charge in [-0.25, -0.2) is 0 Å². The summed E-state index contributed by atoms with van der Waals surface area (Å²) in [4.78, 5) is 20.7. The number of hydrogen-bond acceptors (Lipinski definition) is 4. The Morgan fingerprint density at radius 3 is 2.81 bits per heavy atom. The summed E-state index contributed by atoms with van der Waals surface area (Å²) in [7, 11) is 4.15. The topological polar surface area (TPSA) is 56.7 Å². The Balaban J connectivity index is 2.11. The monoisotopic (exact) mass is 287 g/mol. The van der Waals surface area contributed by atoms with Crippen molar-refractivity contribution in [2.45, 2.75) is 18.9 Å². The molecule has 1 N–H and O–H groups in total. The highest BCUT2D eigenvalue weighted by Crippen LogP contribution is 2.17. The lowest BCUT2D eigenvalue weighted by atomic mass is 10.0. The molecule has 0 aliphatic carbocycles. The van der Waals surface area contributed by atoms with Gasteiger partial charge in [-0.05, 0) is 33.0 Å². The highest BCUT2D eigenvalue weighted by atomic mass is 16.2. The number of piperidine rings is 1. The minimum Gasteiger partial charge on any atom is -0.384 e. The van der Waals surface area contributed by atoms with Crippen LogP contribution < -0.4 is 0 Å². The Hall–Kier alpha value is -1.90. The molecule has 0 saturated carbocycles. The van der Waals surface area contributed by atoms with Crippen LogP contribution >= 0.6 is 0 Å². The summed E-state index contributed by atoms with van der Waals surface area (Å²) in [5.41, 5.74) is 1.14. The van der Waals surface area contributed by atoms with Gasteiger partial charge in [-0.3, -0.25) is 9.78 Å². The number of aliphatic hydroxyl groups excluding tert-OH is 1. The van der Waals surface area contributed by atoms with Crippen molar-refractivity contribution in [1.82, 2.24) is 14.8 Å². The normalized spacial score (nSPS) is 15.7. The first kappa shape index (κ1) is 15.5. The molecule has 1 aliphatic rings. The van der Waals surface area contributed by atoms with Crippen LogP contribution in [0.1, 0.15) is 28.8 Å². The quantitative estimate of drug-likeness (QED) is 0.809. The van der Waals surface area contributed by atoms with E-state index >= 15 is 0 Å². The second-order valence-corrected chi connectivity index (χ2v) is 5.37. The van der Waals surface area contributed by atoms with Gasteiger partial charge >= 0.3 is 0 Å². The summed E-state index contributed by atoms with van der Waals surface area (Å²) < 4.78 is 0. The van der Waals surface area contributed by atoms with Crippen molar-refractivity contribution in [3.8, 4) is 11.8 Å². The molecule has 0 bridgehead atoms. The molecule has 1 aromatic rings. The Kier molecular flexibility index (Phi) is 5.32. The second kappa shape index (κ2) is 7.21. The Bertz CT molecular complexity index is 552. The SMILES string of the molecule is CN(C)C1CCN(C(=O)c2ccncc2C#CCO)CC1. The smallest absolute Gasteiger partial charge is 0.255 e. The van der Waals surface area contributed by atoms with Crippen LogP contribution in [-0.4, -0.2) is 65.6 Å². The van der Waals surface area contributed by atoms with E-state index in [0.29, 0.717) is 17.2 Å². The number of nitrogens with zero attached hydrogens (tertiary/aromatic N) is 3. The lowest BCUT2D eigenvalue weighted by Gasteiger charge is -2.35. The van der Waals surface area contributed by atoms with E-state index in [-0.39, 0.29) is 12.5 Å². The molecular formula is C16H21N3O2. The number of amides is 1. The van der Waals surface area contributed by atoms with Crippen LogP contribution in [0.3, 0.4) is 0 Å². The Morgan fingerprint density at radius 2 is 2.19 bits per heavy atom. The Morgan fingerprint density at radius 1 is 1.48 bits per heavy atom. The molecule has 112 valence electrons. The summed E-state index contributed by atoms with van der Waals surface area (Å²) in [5.74, 6) is 5.36. The molecule has 0 unspecified atom stereocenters. The zero-order valence-electron chi connectivity index (χ0n) is 12.5. The van der Waals surface area contributed by atoms with Crippen molar-refractivity contribution in [3.05, 3.63) is 29.6 Å². The van der Waals surface area contributed by atoms with Crippen LogP contribution in [0.2, 0.25) is 0 Å². The van der Waals surface area contributed by atoms with Crippen molar-refractivity contribution >= 4 is 5.91 Å². The molecule has 1 aliphatic heterocycles. The molecule has 2 heterocycles. The number of carbonyl (C=O) groups is 1. The van der Waals surface area contributed by atoms with E-state index in [0.717, 1.165) is 25.9 Å². The number of aromatic nitrogens is 1. The van der Waals surface area contributed by atoms with Gasteiger partial charge in [0.05, 0.1) is 11.1 Å². The van der Waals surface area contributed by atoms with Gasteiger partial charge in [0.2, 0.25) is 0 Å². The lowest BCUT2D eigenvalue weighted by Crippen LogP contribution is -2.44. The van der Waals surface area contributed by atoms with Gasteiger partial charge in [0.15, 0.2) is 0 Å². The van der Waals surface area contributed by atoms with Gasteiger partial charge in [0.1, 0.15) is 6.61 Å². The number of pyridine rings is 1. The second-order valence-electron chi connectivity index (χ2n) is 5.37. The largest absolute Gasteiger partial charge is 0.384 e. The fourth-order valence-corrected chi connectivity index (χ4v) is 2.57. The predicted molar refractivity (Wildman–Crippen MR) is 80.8 cm³/mol. The van der Waals surface area contributed by atoms with E-state index < -0.39 is 0 Å². The molecule has 21 heavy (non-hydrogen) atoms. The maximum atomic E-state index is 12.6. The first-order chi connectivity index (χ1) is 10.1. The molecular weight excluding hydrogens is 266 g/mol. The van der Waals surface area contributed by atoms with Crippen molar-refractivity contribution in [2.24, 2.45) is 0 Å². The molecule has 2 rings (SSSR count). The molecule has 0 atom stereocenters. The zero-order valence-corrected chi connectivity index (χ0v) is 12.5. The average molecular weight is 287 g/mol. The molecule has 1 aromatic heterocycles. The van der Waals surface area contributed by atoms with E-state index in [1.54, 1.807) is 18.5 Å². The van der Waals surface area contributed by atoms with Gasteiger partial charge in [0, 0.05) is 31.5 Å². The molecule has 0 radical (unpaired) electrons. The van der Waals surface area contributed by atoms with E-state index in [4.69, 9.17) is 5.11 Å². The van der Waals surface area contributed by atoms with E-state index in [1.165, 1.54) is 0 Å². The van der Waals surface area contributed by atoms with Crippen molar-refractivity contribution < 1.29 is 9.90 Å². The third kappa shape index (κ3) is 3.81. The predicted octanol–water partition coefficient (Wildman–Crippen LogP) is 0.592. The van der Waals surface area contributed by atoms with E-state index in [9.17, 15) is 4.79 Å². The van der Waals surface area contributed by atoms with Crippen LogP contribution in [0.25, 0.3) is 0 Å². The van der Waals surface area contributed by atoms with Gasteiger partial charge in [0.25, 0.3) is 5.91 Å². The molecule has 1 saturated heterocycles. The zero-order chi connectivity index (χ0) is 15.2. The number of rotatable bonds is 2. The molecule has 5 heteroatoms. The summed E-state index contributed by atoms with van der Waals surface area (Å²) in [6.45, 7) is 1.30. The van der Waals surface area contributed by atoms with Gasteiger partial charge in [-0.1, -0.05) is 11.8 Å². The van der Waals surface area contributed by atoms with E-state index in [1.807, 2.05) is 4.90 Å². The van der Waals surface area contributed by atoms with Crippen LogP contribution in [0.4, 0.5) is 0 Å². The third-order valence-corrected chi connectivity index (χ3v) is 3.84. The Labute approximate surface area is 125 Å². The van der Waals surface area contributed by atoms with Gasteiger partial charge in [-0.2, -0.15) is 0 Å². The average Bonchev–Trinajstić information content (AvgIpc) is 2.52. The molecule has 0 aromatic carbocycles. The summed E-state index contributed by atoms with van der Waals surface area (Å²) >= 11 is 0. The lowest BCUT2D eigenvalue weighted by molar-refractivity contribution is 0.0663. The van der Waals surface area contributed by atoms with E-state index in [2.05, 4.69) is 35.8 Å². The maximum Gasteiger partial charge on any atom is 0.255 e. The number of aliphatic hydroxyl groups is 1. The van der Waals surface area contributed by atoms with Gasteiger partial charge < -0.3 is 14.9 Å². The molecule has 5 nitrogen and oxygen atoms in total. The highest BCUT2D eigenvalue weighted by molar-refractivity contribution is 5.96. The third-order valence-electron chi connectivity index (χ3n) is 3.84.